The fourth-order valence-electron chi connectivity index (χ4n) is 4.47. The SMILES string of the molecule is NC(=O)c1ccc2c(CCCCN3CCCC(c4ccc(O)cc4)C3)c[nH]c2c1. The van der Waals surface area contributed by atoms with Crippen LogP contribution in [0.25, 0.3) is 10.9 Å². The Morgan fingerprint density at radius 2 is 2.00 bits per heavy atom. The second-order valence-electron chi connectivity index (χ2n) is 8.13. The Kier molecular flexibility index (Phi) is 5.86. The average Bonchev–Trinajstić information content (AvgIpc) is 3.14. The fourth-order valence-corrected chi connectivity index (χ4v) is 4.47. The topological polar surface area (TPSA) is 82.3 Å². The molecule has 3 aromatic rings. The first-order valence-electron chi connectivity index (χ1n) is 10.5. The minimum absolute atomic E-state index is 0.338. The number of benzene rings is 2. The first kappa shape index (κ1) is 19.5. The number of primary amides is 1. The summed E-state index contributed by atoms with van der Waals surface area (Å²) in [6, 6.07) is 13.3. The van der Waals surface area contributed by atoms with Gasteiger partial charge in [-0.2, -0.15) is 0 Å². The number of aromatic nitrogens is 1. The number of phenols is 1. The van der Waals surface area contributed by atoms with Gasteiger partial charge in [-0.1, -0.05) is 18.2 Å². The largest absolute Gasteiger partial charge is 0.508 e. The van der Waals surface area contributed by atoms with Crippen LogP contribution in [0, 0.1) is 0 Å². The van der Waals surface area contributed by atoms with Crippen LogP contribution in [-0.4, -0.2) is 40.5 Å². The Morgan fingerprint density at radius 1 is 1.17 bits per heavy atom. The number of nitrogens with two attached hydrogens (primary N) is 1. The van der Waals surface area contributed by atoms with E-state index in [0.717, 1.165) is 31.4 Å². The van der Waals surface area contributed by atoms with Crippen molar-refractivity contribution in [1.82, 2.24) is 9.88 Å². The van der Waals surface area contributed by atoms with Gasteiger partial charge < -0.3 is 20.7 Å². The molecule has 1 saturated heterocycles. The van der Waals surface area contributed by atoms with E-state index in [9.17, 15) is 9.90 Å². The Bertz CT molecular complexity index is 977. The van der Waals surface area contributed by atoms with E-state index in [0.29, 0.717) is 17.2 Å². The third-order valence-electron chi connectivity index (χ3n) is 6.09. The van der Waals surface area contributed by atoms with Gasteiger partial charge in [0.05, 0.1) is 0 Å². The van der Waals surface area contributed by atoms with E-state index >= 15 is 0 Å². The number of carbonyl (C=O) groups excluding carboxylic acids is 1. The number of amides is 1. The summed E-state index contributed by atoms with van der Waals surface area (Å²) >= 11 is 0. The maximum atomic E-state index is 11.3. The summed E-state index contributed by atoms with van der Waals surface area (Å²) in [7, 11) is 0. The van der Waals surface area contributed by atoms with Crippen LogP contribution in [0.5, 0.6) is 5.75 Å². The molecule has 0 radical (unpaired) electrons. The van der Waals surface area contributed by atoms with E-state index in [2.05, 4.69) is 28.2 Å². The van der Waals surface area contributed by atoms with Gasteiger partial charge in [0.2, 0.25) is 5.91 Å². The number of H-pyrrole nitrogens is 1. The van der Waals surface area contributed by atoms with Crippen molar-refractivity contribution >= 4 is 16.8 Å². The van der Waals surface area contributed by atoms with Crippen molar-refractivity contribution in [2.24, 2.45) is 5.73 Å². The minimum Gasteiger partial charge on any atom is -0.508 e. The smallest absolute Gasteiger partial charge is 0.248 e. The molecule has 0 aliphatic carbocycles. The molecule has 5 nitrogen and oxygen atoms in total. The number of aryl methyl sites for hydroxylation is 1. The summed E-state index contributed by atoms with van der Waals surface area (Å²) in [5.74, 6) is 0.511. The predicted octanol–water partition coefficient (Wildman–Crippen LogP) is 4.17. The lowest BCUT2D eigenvalue weighted by Gasteiger charge is -2.33. The van der Waals surface area contributed by atoms with E-state index in [1.807, 2.05) is 12.1 Å². The summed E-state index contributed by atoms with van der Waals surface area (Å²) in [5, 5.41) is 10.7. The number of nitrogens with zero attached hydrogens (tertiary/aromatic N) is 1. The Morgan fingerprint density at radius 3 is 2.79 bits per heavy atom. The van der Waals surface area contributed by atoms with E-state index in [1.165, 1.54) is 42.3 Å². The Hall–Kier alpha value is -2.79. The molecule has 0 saturated carbocycles. The van der Waals surface area contributed by atoms with Crippen molar-refractivity contribution in [2.45, 2.75) is 38.0 Å². The number of unbranched alkanes of at least 4 members (excludes halogenated alkanes) is 1. The van der Waals surface area contributed by atoms with Crippen LogP contribution in [0.1, 0.15) is 53.1 Å². The van der Waals surface area contributed by atoms with Gasteiger partial charge in [0.1, 0.15) is 5.75 Å². The van der Waals surface area contributed by atoms with Crippen LogP contribution in [0.3, 0.4) is 0 Å². The molecule has 0 spiro atoms. The standard InChI is InChI=1S/C24H29N3O2/c25-24(29)18-8-11-22-19(15-26-23(22)14-18)4-1-2-12-27-13-3-5-20(16-27)17-6-9-21(28)10-7-17/h6-11,14-15,20,26,28H,1-5,12-13,16H2,(H2,25,29). The molecule has 152 valence electrons. The molecule has 4 rings (SSSR count). The van der Waals surface area contributed by atoms with Crippen LogP contribution in [-0.2, 0) is 6.42 Å². The van der Waals surface area contributed by atoms with Crippen molar-refractivity contribution in [3.8, 4) is 5.75 Å². The number of aromatic hydroxyl groups is 1. The zero-order chi connectivity index (χ0) is 20.2. The first-order valence-corrected chi connectivity index (χ1v) is 10.5. The Labute approximate surface area is 171 Å². The van der Waals surface area contributed by atoms with Crippen molar-refractivity contribution in [2.75, 3.05) is 19.6 Å². The number of fused-ring (bicyclic) bond motifs is 1. The van der Waals surface area contributed by atoms with E-state index < -0.39 is 5.91 Å². The highest BCUT2D eigenvalue weighted by atomic mass is 16.3. The second kappa shape index (κ2) is 8.70. The van der Waals surface area contributed by atoms with Gasteiger partial charge in [0, 0.05) is 29.2 Å². The molecule has 1 aliphatic rings. The van der Waals surface area contributed by atoms with E-state index in [4.69, 9.17) is 5.73 Å². The zero-order valence-electron chi connectivity index (χ0n) is 16.7. The van der Waals surface area contributed by atoms with Gasteiger partial charge in [0.15, 0.2) is 0 Å². The van der Waals surface area contributed by atoms with Crippen LogP contribution in [0.15, 0.2) is 48.7 Å². The molecule has 1 aliphatic heterocycles. The highest BCUT2D eigenvalue weighted by Crippen LogP contribution is 2.28. The fraction of sp³-hybridized carbons (Fsp3) is 0.375. The number of nitrogens with one attached hydrogen (secondary N) is 1. The molecule has 29 heavy (non-hydrogen) atoms. The number of likely N-dealkylation sites (tertiary alicyclic amines) is 1. The van der Waals surface area contributed by atoms with Gasteiger partial charge in [0.25, 0.3) is 0 Å². The summed E-state index contributed by atoms with van der Waals surface area (Å²) in [5.41, 5.74) is 9.52. The van der Waals surface area contributed by atoms with Crippen LogP contribution in [0.4, 0.5) is 0 Å². The van der Waals surface area contributed by atoms with E-state index in [-0.39, 0.29) is 0 Å². The minimum atomic E-state index is -0.393. The lowest BCUT2D eigenvalue weighted by Crippen LogP contribution is -2.35. The highest BCUT2D eigenvalue weighted by Gasteiger charge is 2.21. The summed E-state index contributed by atoms with van der Waals surface area (Å²) in [6.45, 7) is 3.41. The number of phenolic OH excluding ortho intramolecular Hbond substituents is 1. The monoisotopic (exact) mass is 391 g/mol. The number of hydrogen-bond donors (Lipinski definition) is 3. The summed E-state index contributed by atoms with van der Waals surface area (Å²) < 4.78 is 0. The third-order valence-corrected chi connectivity index (χ3v) is 6.09. The molecule has 2 heterocycles. The van der Waals surface area contributed by atoms with Crippen LogP contribution < -0.4 is 5.73 Å². The molecule has 2 aromatic carbocycles. The number of aromatic amines is 1. The van der Waals surface area contributed by atoms with Crippen LogP contribution in [0.2, 0.25) is 0 Å². The third kappa shape index (κ3) is 4.62. The van der Waals surface area contributed by atoms with Crippen molar-refractivity contribution in [1.29, 1.82) is 0 Å². The van der Waals surface area contributed by atoms with Crippen molar-refractivity contribution in [3.63, 3.8) is 0 Å². The quantitative estimate of drug-likeness (QED) is 0.529. The molecule has 5 heteroatoms. The molecule has 1 unspecified atom stereocenters. The van der Waals surface area contributed by atoms with E-state index in [1.54, 1.807) is 18.2 Å². The maximum Gasteiger partial charge on any atom is 0.248 e. The molecule has 1 atom stereocenters. The predicted molar refractivity (Wildman–Crippen MR) is 116 cm³/mol. The number of carbonyl (C=O) groups is 1. The molecule has 1 amide bonds. The van der Waals surface area contributed by atoms with Crippen molar-refractivity contribution < 1.29 is 9.90 Å². The van der Waals surface area contributed by atoms with Gasteiger partial charge in [-0.3, -0.25) is 4.79 Å². The lowest BCUT2D eigenvalue weighted by atomic mass is 9.90. The highest BCUT2D eigenvalue weighted by molar-refractivity contribution is 5.97. The van der Waals surface area contributed by atoms with Crippen LogP contribution >= 0.6 is 0 Å². The number of hydrogen-bond acceptors (Lipinski definition) is 3. The Balaban J connectivity index is 1.27. The molecule has 1 fully saturated rings. The molecular weight excluding hydrogens is 362 g/mol. The van der Waals surface area contributed by atoms with Gasteiger partial charge in [-0.25, -0.2) is 0 Å². The van der Waals surface area contributed by atoms with Gasteiger partial charge in [-0.15, -0.1) is 0 Å². The molecular formula is C24H29N3O2. The molecule has 1 aromatic heterocycles. The first-order chi connectivity index (χ1) is 14.1. The number of rotatable bonds is 7. The number of piperidine rings is 1. The van der Waals surface area contributed by atoms with Gasteiger partial charge in [-0.05, 0) is 86.5 Å². The normalized spacial score (nSPS) is 17.6. The molecule has 4 N–H and O–H groups in total. The molecule has 0 bridgehead atoms. The second-order valence-corrected chi connectivity index (χ2v) is 8.13. The maximum absolute atomic E-state index is 11.3. The zero-order valence-corrected chi connectivity index (χ0v) is 16.7. The van der Waals surface area contributed by atoms with Crippen molar-refractivity contribution in [3.05, 3.63) is 65.4 Å². The lowest BCUT2D eigenvalue weighted by molar-refractivity contribution is 0.100. The van der Waals surface area contributed by atoms with Gasteiger partial charge >= 0.3 is 0 Å². The summed E-state index contributed by atoms with van der Waals surface area (Å²) in [4.78, 5) is 17.2. The average molecular weight is 392 g/mol. The summed E-state index contributed by atoms with van der Waals surface area (Å²) in [6.07, 6.45) is 7.86.